The Balaban J connectivity index is 1.34. The van der Waals surface area contributed by atoms with Crippen molar-refractivity contribution in [1.29, 1.82) is 0 Å². The number of hydrogen-bond donors (Lipinski definition) is 2. The average Bonchev–Trinajstić information content (AvgIpc) is 3.47. The van der Waals surface area contributed by atoms with Crippen molar-refractivity contribution in [2.45, 2.75) is 31.2 Å². The van der Waals surface area contributed by atoms with Gasteiger partial charge in [0.15, 0.2) is 11.7 Å². The summed E-state index contributed by atoms with van der Waals surface area (Å²) >= 11 is 12.1. The van der Waals surface area contributed by atoms with E-state index in [2.05, 4.69) is 20.8 Å². The molecule has 5 rings (SSSR count). The molecule has 2 aromatic carbocycles. The number of amides is 1. The van der Waals surface area contributed by atoms with Crippen LogP contribution in [0.5, 0.6) is 0 Å². The van der Waals surface area contributed by atoms with Crippen LogP contribution >= 0.6 is 23.2 Å². The molecular formula is C24H19Cl2F3N6O. The van der Waals surface area contributed by atoms with Crippen LogP contribution in [0.2, 0.25) is 10.0 Å². The number of anilines is 2. The molecule has 1 amide bonds. The van der Waals surface area contributed by atoms with Crippen LogP contribution in [0.25, 0.3) is 0 Å². The monoisotopic (exact) mass is 534 g/mol. The van der Waals surface area contributed by atoms with Crippen molar-refractivity contribution < 1.29 is 18.0 Å². The smallest absolute Gasteiger partial charge is 0.363 e. The summed E-state index contributed by atoms with van der Waals surface area (Å²) in [4.78, 5) is 12.8. The maximum absolute atomic E-state index is 13.9. The fourth-order valence-electron chi connectivity index (χ4n) is 4.12. The summed E-state index contributed by atoms with van der Waals surface area (Å²) in [5.74, 6) is -0.532. The third-order valence-electron chi connectivity index (χ3n) is 5.86. The quantitative estimate of drug-likeness (QED) is 0.313. The molecule has 1 aliphatic heterocycles. The van der Waals surface area contributed by atoms with Gasteiger partial charge in [0.1, 0.15) is 5.82 Å². The van der Waals surface area contributed by atoms with Gasteiger partial charge in [0, 0.05) is 28.7 Å². The molecule has 1 aliphatic rings. The van der Waals surface area contributed by atoms with Crippen LogP contribution in [0.3, 0.4) is 0 Å². The summed E-state index contributed by atoms with van der Waals surface area (Å²) in [6.45, 7) is 0.336. The van der Waals surface area contributed by atoms with E-state index in [1.165, 1.54) is 12.3 Å². The predicted octanol–water partition coefficient (Wildman–Crippen LogP) is 6.35. The highest BCUT2D eigenvalue weighted by atomic mass is 35.5. The van der Waals surface area contributed by atoms with Gasteiger partial charge in [0.2, 0.25) is 0 Å². The van der Waals surface area contributed by atoms with Crippen molar-refractivity contribution in [2.24, 2.45) is 0 Å². The van der Waals surface area contributed by atoms with E-state index in [1.807, 2.05) is 0 Å². The number of aromatic nitrogens is 4. The minimum atomic E-state index is -4.53. The first-order chi connectivity index (χ1) is 17.2. The Labute approximate surface area is 213 Å². The number of carbonyl (C=O) groups excluding carboxylic acids is 1. The van der Waals surface area contributed by atoms with E-state index in [1.54, 1.807) is 59.4 Å². The second-order valence-corrected chi connectivity index (χ2v) is 9.22. The highest BCUT2D eigenvalue weighted by molar-refractivity contribution is 6.35. The number of nitrogens with one attached hydrogen (secondary N) is 2. The summed E-state index contributed by atoms with van der Waals surface area (Å²) in [6, 6.07) is 12.8. The second kappa shape index (κ2) is 9.51. The summed E-state index contributed by atoms with van der Waals surface area (Å²) in [7, 11) is 0. The maximum Gasteiger partial charge on any atom is 0.410 e. The summed E-state index contributed by atoms with van der Waals surface area (Å²) < 4.78 is 44.0. The number of rotatable bonds is 5. The van der Waals surface area contributed by atoms with Crippen LogP contribution < -0.4 is 10.6 Å². The molecule has 0 saturated heterocycles. The Bertz CT molecular complexity index is 1400. The lowest BCUT2D eigenvalue weighted by molar-refractivity contribution is -0.173. The topological polar surface area (TPSA) is 76.8 Å². The van der Waals surface area contributed by atoms with Gasteiger partial charge in [0.25, 0.3) is 5.91 Å². The normalized spacial score (nSPS) is 17.4. The number of hydrogen-bond acceptors (Lipinski definition) is 4. The van der Waals surface area contributed by atoms with Gasteiger partial charge in [-0.3, -0.25) is 9.48 Å². The van der Waals surface area contributed by atoms with E-state index < -0.39 is 24.2 Å². The van der Waals surface area contributed by atoms with E-state index in [-0.39, 0.29) is 17.9 Å². The number of fused-ring (bicyclic) bond motifs is 1. The zero-order valence-corrected chi connectivity index (χ0v) is 20.0. The molecule has 3 heterocycles. The molecule has 0 saturated carbocycles. The van der Waals surface area contributed by atoms with Crippen molar-refractivity contribution in [2.75, 3.05) is 10.6 Å². The lowest BCUT2D eigenvalue weighted by atomic mass is 9.97. The molecule has 0 aliphatic carbocycles. The van der Waals surface area contributed by atoms with Gasteiger partial charge < -0.3 is 10.6 Å². The molecule has 4 aromatic rings. The SMILES string of the molecule is O=C(Nc1cnn(Cc2ccc(Cl)cc2Cl)c1)c1cc2n(n1)[C@H](C(F)(F)F)C[C@H](c1ccccc1)N2. The van der Waals surface area contributed by atoms with E-state index >= 15 is 0 Å². The van der Waals surface area contributed by atoms with Crippen molar-refractivity contribution in [3.8, 4) is 0 Å². The zero-order chi connectivity index (χ0) is 25.4. The number of halogens is 5. The number of benzene rings is 2. The van der Waals surface area contributed by atoms with Crippen LogP contribution in [0.4, 0.5) is 24.7 Å². The first kappa shape index (κ1) is 24.2. The van der Waals surface area contributed by atoms with E-state index in [0.717, 1.165) is 15.8 Å². The van der Waals surface area contributed by atoms with Crippen LogP contribution in [0.15, 0.2) is 67.0 Å². The summed E-state index contributed by atoms with van der Waals surface area (Å²) in [6.07, 6.45) is -1.77. The fraction of sp³-hybridized carbons (Fsp3) is 0.208. The average molecular weight is 535 g/mol. The van der Waals surface area contributed by atoms with Crippen LogP contribution in [0.1, 0.15) is 40.1 Å². The van der Waals surface area contributed by atoms with Crippen molar-refractivity contribution in [3.05, 3.63) is 93.9 Å². The molecule has 0 radical (unpaired) electrons. The van der Waals surface area contributed by atoms with Crippen molar-refractivity contribution >= 4 is 40.6 Å². The molecule has 2 atom stereocenters. The molecule has 0 fully saturated rings. The van der Waals surface area contributed by atoms with E-state index in [4.69, 9.17) is 23.2 Å². The Morgan fingerprint density at radius 1 is 1.14 bits per heavy atom. The van der Waals surface area contributed by atoms with Crippen LogP contribution in [-0.4, -0.2) is 31.6 Å². The van der Waals surface area contributed by atoms with Gasteiger partial charge in [-0.2, -0.15) is 23.4 Å². The first-order valence-corrected chi connectivity index (χ1v) is 11.7. The standard InChI is InChI=1S/C24H19Cl2F3N6O/c25-16-7-6-15(18(26)8-16)12-34-13-17(11-30-34)31-23(36)20-10-22-32-19(14-4-2-1-3-5-14)9-21(24(27,28)29)35(22)33-20/h1-8,10-11,13,19,21,32H,9,12H2,(H,31,36)/t19-,21+/m1/s1. The molecule has 36 heavy (non-hydrogen) atoms. The van der Waals surface area contributed by atoms with E-state index in [9.17, 15) is 18.0 Å². The maximum atomic E-state index is 13.9. The lowest BCUT2D eigenvalue weighted by Gasteiger charge is -2.33. The van der Waals surface area contributed by atoms with Crippen LogP contribution in [-0.2, 0) is 6.54 Å². The molecule has 0 unspecified atom stereocenters. The third kappa shape index (κ3) is 5.05. The Morgan fingerprint density at radius 3 is 2.64 bits per heavy atom. The minimum absolute atomic E-state index is 0.121. The lowest BCUT2D eigenvalue weighted by Crippen LogP contribution is -2.35. The molecule has 0 spiro atoms. The second-order valence-electron chi connectivity index (χ2n) is 8.38. The highest BCUT2D eigenvalue weighted by Crippen LogP contribution is 2.43. The van der Waals surface area contributed by atoms with Gasteiger partial charge in [-0.05, 0) is 23.3 Å². The van der Waals surface area contributed by atoms with Crippen molar-refractivity contribution in [1.82, 2.24) is 19.6 Å². The zero-order valence-electron chi connectivity index (χ0n) is 18.5. The molecule has 12 heteroatoms. The molecule has 186 valence electrons. The van der Waals surface area contributed by atoms with Gasteiger partial charge in [-0.25, -0.2) is 4.68 Å². The van der Waals surface area contributed by atoms with Gasteiger partial charge in [0.05, 0.1) is 24.5 Å². The van der Waals surface area contributed by atoms with E-state index in [0.29, 0.717) is 22.3 Å². The summed E-state index contributed by atoms with van der Waals surface area (Å²) in [5, 5.41) is 14.9. The van der Waals surface area contributed by atoms with Gasteiger partial charge in [-0.15, -0.1) is 0 Å². The Hall–Kier alpha value is -3.50. The predicted molar refractivity (Wildman–Crippen MR) is 130 cm³/mol. The number of nitrogens with zero attached hydrogens (tertiary/aromatic N) is 4. The fourth-order valence-corrected chi connectivity index (χ4v) is 4.59. The molecule has 7 nitrogen and oxygen atoms in total. The summed E-state index contributed by atoms with van der Waals surface area (Å²) in [5.41, 5.74) is 1.71. The minimum Gasteiger partial charge on any atom is -0.363 e. The molecule has 0 bridgehead atoms. The Kier molecular flexibility index (Phi) is 6.40. The number of carbonyl (C=O) groups is 1. The van der Waals surface area contributed by atoms with Crippen molar-refractivity contribution in [3.63, 3.8) is 0 Å². The van der Waals surface area contributed by atoms with Gasteiger partial charge >= 0.3 is 6.18 Å². The number of alkyl halides is 3. The first-order valence-electron chi connectivity index (χ1n) is 10.9. The molecular weight excluding hydrogens is 516 g/mol. The molecule has 2 N–H and O–H groups in total. The van der Waals surface area contributed by atoms with Crippen LogP contribution in [0, 0.1) is 0 Å². The highest BCUT2D eigenvalue weighted by Gasteiger charge is 2.46. The third-order valence-corrected chi connectivity index (χ3v) is 6.45. The largest absolute Gasteiger partial charge is 0.410 e. The Morgan fingerprint density at radius 2 is 1.92 bits per heavy atom. The molecule has 2 aromatic heterocycles. The van der Waals surface area contributed by atoms with Gasteiger partial charge in [-0.1, -0.05) is 59.6 Å².